The molecule has 2 heterocycles. The zero-order chi connectivity index (χ0) is 19.5. The fourth-order valence-corrected chi connectivity index (χ4v) is 3.77. The Balaban J connectivity index is 1.39. The van der Waals surface area contributed by atoms with Gasteiger partial charge in [-0.1, -0.05) is 42.5 Å². The van der Waals surface area contributed by atoms with E-state index in [9.17, 15) is 9.59 Å². The number of para-hydroxylation sites is 1. The summed E-state index contributed by atoms with van der Waals surface area (Å²) in [4.78, 5) is 33.8. The van der Waals surface area contributed by atoms with E-state index in [0.717, 1.165) is 13.1 Å². The Morgan fingerprint density at radius 3 is 2.43 bits per heavy atom. The monoisotopic (exact) mass is 376 g/mol. The Morgan fingerprint density at radius 1 is 1.00 bits per heavy atom. The van der Waals surface area contributed by atoms with Gasteiger partial charge in [0.15, 0.2) is 0 Å². The van der Waals surface area contributed by atoms with Gasteiger partial charge in [-0.15, -0.1) is 0 Å². The first-order valence-corrected chi connectivity index (χ1v) is 9.64. The second-order valence-electron chi connectivity index (χ2n) is 7.20. The van der Waals surface area contributed by atoms with Crippen LogP contribution >= 0.6 is 0 Å². The van der Waals surface area contributed by atoms with Gasteiger partial charge in [-0.25, -0.2) is 4.98 Å². The molecule has 1 aromatic heterocycles. The van der Waals surface area contributed by atoms with E-state index in [1.807, 2.05) is 23.1 Å². The number of hydrogen-bond acceptors (Lipinski definition) is 4. The molecule has 0 spiro atoms. The van der Waals surface area contributed by atoms with Crippen LogP contribution in [0.5, 0.6) is 0 Å². The molecule has 0 unspecified atom stereocenters. The highest BCUT2D eigenvalue weighted by Gasteiger charge is 2.25. The summed E-state index contributed by atoms with van der Waals surface area (Å²) >= 11 is 0. The van der Waals surface area contributed by atoms with Crippen LogP contribution in [0.1, 0.15) is 18.5 Å². The molecule has 6 nitrogen and oxygen atoms in total. The molecule has 1 atom stereocenters. The van der Waals surface area contributed by atoms with Gasteiger partial charge in [-0.05, 0) is 24.6 Å². The second-order valence-corrected chi connectivity index (χ2v) is 7.20. The van der Waals surface area contributed by atoms with E-state index in [1.54, 1.807) is 12.1 Å². The molecule has 28 heavy (non-hydrogen) atoms. The van der Waals surface area contributed by atoms with Crippen LogP contribution in [0, 0.1) is 0 Å². The lowest BCUT2D eigenvalue weighted by molar-refractivity contribution is -0.134. The normalized spacial score (nSPS) is 16.2. The molecule has 0 aliphatic carbocycles. The Bertz CT molecular complexity index is 1020. The highest BCUT2D eigenvalue weighted by atomic mass is 16.2. The minimum atomic E-state index is -0.171. The van der Waals surface area contributed by atoms with E-state index in [2.05, 4.69) is 41.1 Å². The average Bonchev–Trinajstić information content (AvgIpc) is 2.76. The van der Waals surface area contributed by atoms with Crippen LogP contribution in [-0.4, -0.2) is 51.4 Å². The number of hydrogen-bond donors (Lipinski definition) is 0. The standard InChI is InChI=1S/C22H24N4O2/c1-17(18-7-3-2-4-8-18)24-11-13-25(14-12-24)21(27)15-26-16-23-20-10-6-5-9-19(20)22(26)28/h2-10,16-17H,11-15H2,1H3/t17-/m1/s1. The summed E-state index contributed by atoms with van der Waals surface area (Å²) in [6.45, 7) is 5.23. The van der Waals surface area contributed by atoms with Gasteiger partial charge in [0.1, 0.15) is 6.54 Å². The van der Waals surface area contributed by atoms with Crippen molar-refractivity contribution in [2.24, 2.45) is 0 Å². The first-order valence-electron chi connectivity index (χ1n) is 9.64. The first kappa shape index (κ1) is 18.4. The number of amides is 1. The molecule has 1 saturated heterocycles. The molecule has 144 valence electrons. The number of aromatic nitrogens is 2. The number of nitrogens with zero attached hydrogens (tertiary/aromatic N) is 4. The lowest BCUT2D eigenvalue weighted by atomic mass is 10.1. The molecule has 1 amide bonds. The van der Waals surface area contributed by atoms with Crippen molar-refractivity contribution in [2.75, 3.05) is 26.2 Å². The molecular weight excluding hydrogens is 352 g/mol. The van der Waals surface area contributed by atoms with Crippen molar-refractivity contribution in [1.29, 1.82) is 0 Å². The Kier molecular flexibility index (Phi) is 5.21. The summed E-state index contributed by atoms with van der Waals surface area (Å²) in [5.41, 5.74) is 1.77. The summed E-state index contributed by atoms with van der Waals surface area (Å²) in [6, 6.07) is 17.9. The van der Waals surface area contributed by atoms with Gasteiger partial charge in [-0.2, -0.15) is 0 Å². The molecular formula is C22H24N4O2. The third-order valence-electron chi connectivity index (χ3n) is 5.53. The number of piperazine rings is 1. The zero-order valence-electron chi connectivity index (χ0n) is 16.0. The third-order valence-corrected chi connectivity index (χ3v) is 5.53. The van der Waals surface area contributed by atoms with E-state index in [0.29, 0.717) is 30.0 Å². The zero-order valence-corrected chi connectivity index (χ0v) is 16.0. The molecule has 3 aromatic rings. The third kappa shape index (κ3) is 3.68. The van der Waals surface area contributed by atoms with Crippen LogP contribution in [0.2, 0.25) is 0 Å². The maximum absolute atomic E-state index is 12.7. The summed E-state index contributed by atoms with van der Waals surface area (Å²) in [7, 11) is 0. The van der Waals surface area contributed by atoms with Crippen molar-refractivity contribution in [3.05, 3.63) is 76.8 Å². The van der Waals surface area contributed by atoms with Gasteiger partial charge in [0.05, 0.1) is 17.2 Å². The van der Waals surface area contributed by atoms with Crippen LogP contribution in [0.3, 0.4) is 0 Å². The molecule has 1 aliphatic heterocycles. The SMILES string of the molecule is C[C@H](c1ccccc1)N1CCN(C(=O)Cn2cnc3ccccc3c2=O)CC1. The summed E-state index contributed by atoms with van der Waals surface area (Å²) in [5, 5.41) is 0.541. The molecule has 4 rings (SSSR count). The quantitative estimate of drug-likeness (QED) is 0.701. The predicted octanol–water partition coefficient (Wildman–Crippen LogP) is 2.30. The molecule has 0 N–H and O–H groups in total. The van der Waals surface area contributed by atoms with Crippen molar-refractivity contribution >= 4 is 16.8 Å². The second kappa shape index (κ2) is 7.94. The smallest absolute Gasteiger partial charge is 0.261 e. The maximum Gasteiger partial charge on any atom is 0.261 e. The summed E-state index contributed by atoms with van der Waals surface area (Å²) in [5.74, 6) is -0.0359. The average molecular weight is 376 g/mol. The van der Waals surface area contributed by atoms with E-state index < -0.39 is 0 Å². The van der Waals surface area contributed by atoms with Gasteiger partial charge in [0, 0.05) is 32.2 Å². The fraction of sp³-hybridized carbons (Fsp3) is 0.318. The number of rotatable bonds is 4. The van der Waals surface area contributed by atoms with Crippen molar-refractivity contribution in [3.8, 4) is 0 Å². The van der Waals surface area contributed by atoms with Gasteiger partial charge >= 0.3 is 0 Å². The Morgan fingerprint density at radius 2 is 1.68 bits per heavy atom. The topological polar surface area (TPSA) is 58.4 Å². The minimum Gasteiger partial charge on any atom is -0.339 e. The summed E-state index contributed by atoms with van der Waals surface area (Å²) < 4.78 is 1.41. The van der Waals surface area contributed by atoms with Gasteiger partial charge < -0.3 is 4.90 Å². The number of benzene rings is 2. The van der Waals surface area contributed by atoms with Crippen LogP contribution < -0.4 is 5.56 Å². The van der Waals surface area contributed by atoms with Crippen molar-refractivity contribution in [3.63, 3.8) is 0 Å². The molecule has 6 heteroatoms. The van der Waals surface area contributed by atoms with Gasteiger partial charge in [0.25, 0.3) is 5.56 Å². The van der Waals surface area contributed by atoms with Crippen molar-refractivity contribution < 1.29 is 4.79 Å². The number of carbonyl (C=O) groups is 1. The van der Waals surface area contributed by atoms with Crippen molar-refractivity contribution in [1.82, 2.24) is 19.4 Å². The predicted molar refractivity (Wildman–Crippen MR) is 109 cm³/mol. The van der Waals surface area contributed by atoms with E-state index in [-0.39, 0.29) is 18.0 Å². The Hall–Kier alpha value is -2.99. The van der Waals surface area contributed by atoms with Crippen LogP contribution in [0.25, 0.3) is 10.9 Å². The fourth-order valence-electron chi connectivity index (χ4n) is 3.77. The van der Waals surface area contributed by atoms with E-state index in [4.69, 9.17) is 0 Å². The molecule has 0 bridgehead atoms. The highest BCUT2D eigenvalue weighted by molar-refractivity contribution is 5.79. The largest absolute Gasteiger partial charge is 0.339 e. The molecule has 1 fully saturated rings. The lowest BCUT2D eigenvalue weighted by Gasteiger charge is -2.38. The number of fused-ring (bicyclic) bond motifs is 1. The number of carbonyl (C=O) groups excluding carboxylic acids is 1. The molecule has 0 radical (unpaired) electrons. The van der Waals surface area contributed by atoms with Gasteiger partial charge in [0.2, 0.25) is 5.91 Å². The Labute approximate surface area is 164 Å². The van der Waals surface area contributed by atoms with Crippen LogP contribution in [-0.2, 0) is 11.3 Å². The first-order chi connectivity index (χ1) is 13.6. The van der Waals surface area contributed by atoms with E-state index in [1.165, 1.54) is 16.5 Å². The molecule has 1 aliphatic rings. The minimum absolute atomic E-state index is 0.0326. The van der Waals surface area contributed by atoms with Gasteiger partial charge in [-0.3, -0.25) is 19.1 Å². The highest BCUT2D eigenvalue weighted by Crippen LogP contribution is 2.21. The lowest BCUT2D eigenvalue weighted by Crippen LogP contribution is -2.50. The van der Waals surface area contributed by atoms with E-state index >= 15 is 0 Å². The molecule has 2 aromatic carbocycles. The molecule has 0 saturated carbocycles. The van der Waals surface area contributed by atoms with Crippen LogP contribution in [0.15, 0.2) is 65.7 Å². The maximum atomic E-state index is 12.7. The van der Waals surface area contributed by atoms with Crippen LogP contribution in [0.4, 0.5) is 0 Å². The summed E-state index contributed by atoms with van der Waals surface area (Å²) in [6.07, 6.45) is 1.47. The van der Waals surface area contributed by atoms with Crippen molar-refractivity contribution in [2.45, 2.75) is 19.5 Å².